The lowest BCUT2D eigenvalue weighted by Crippen LogP contribution is -2.28. The lowest BCUT2D eigenvalue weighted by atomic mass is 10.1. The second-order valence-electron chi connectivity index (χ2n) is 4.36. The number of carbonyl (C=O) groups is 1. The molecule has 1 aliphatic heterocycles. The Kier molecular flexibility index (Phi) is 3.84. The van der Waals surface area contributed by atoms with E-state index in [9.17, 15) is 4.79 Å². The minimum absolute atomic E-state index is 0.210. The summed E-state index contributed by atoms with van der Waals surface area (Å²) in [4.78, 5) is 13.9. The molecule has 1 amide bonds. The van der Waals surface area contributed by atoms with Crippen LogP contribution in [-0.2, 0) is 4.79 Å². The van der Waals surface area contributed by atoms with E-state index < -0.39 is 0 Å². The van der Waals surface area contributed by atoms with Gasteiger partial charge in [0.15, 0.2) is 0 Å². The summed E-state index contributed by atoms with van der Waals surface area (Å²) in [5, 5.41) is 0. The van der Waals surface area contributed by atoms with E-state index >= 15 is 0 Å². The van der Waals surface area contributed by atoms with Gasteiger partial charge in [0.1, 0.15) is 0 Å². The molecular formula is C13H16INO. The number of carbonyl (C=O) groups excluding carboxylic acids is 1. The van der Waals surface area contributed by atoms with Crippen molar-refractivity contribution >= 4 is 28.5 Å². The maximum atomic E-state index is 11.9. The van der Waals surface area contributed by atoms with Crippen molar-refractivity contribution in [3.8, 4) is 0 Å². The summed E-state index contributed by atoms with van der Waals surface area (Å²) in [6.07, 6.45) is 0.722. The van der Waals surface area contributed by atoms with E-state index in [2.05, 4.69) is 41.6 Å². The van der Waals surface area contributed by atoms with E-state index in [-0.39, 0.29) is 6.04 Å². The number of alkyl halides is 1. The number of rotatable bonds is 3. The van der Waals surface area contributed by atoms with Gasteiger partial charge in [-0.1, -0.05) is 52.9 Å². The Morgan fingerprint density at radius 1 is 1.44 bits per heavy atom. The van der Waals surface area contributed by atoms with Crippen LogP contribution in [0.4, 0.5) is 0 Å². The molecule has 0 saturated carbocycles. The second kappa shape index (κ2) is 5.17. The van der Waals surface area contributed by atoms with Crippen LogP contribution in [0, 0.1) is 5.92 Å². The van der Waals surface area contributed by atoms with Crippen LogP contribution < -0.4 is 0 Å². The molecule has 0 aliphatic carbocycles. The van der Waals surface area contributed by atoms with Crippen molar-refractivity contribution in [2.24, 2.45) is 5.92 Å². The summed E-state index contributed by atoms with van der Waals surface area (Å²) in [6.45, 7) is 3.03. The largest absolute Gasteiger partial charge is 0.336 e. The van der Waals surface area contributed by atoms with Crippen LogP contribution in [0.1, 0.15) is 24.9 Å². The van der Waals surface area contributed by atoms with Crippen LogP contribution >= 0.6 is 22.6 Å². The van der Waals surface area contributed by atoms with Gasteiger partial charge < -0.3 is 4.90 Å². The maximum absolute atomic E-state index is 11.9. The van der Waals surface area contributed by atoms with Crippen LogP contribution in [0.25, 0.3) is 0 Å². The number of hydrogen-bond donors (Lipinski definition) is 0. The van der Waals surface area contributed by atoms with Crippen molar-refractivity contribution in [2.75, 3.05) is 11.0 Å². The lowest BCUT2D eigenvalue weighted by molar-refractivity contribution is -0.129. The molecule has 1 aromatic rings. The molecule has 1 fully saturated rings. The Morgan fingerprint density at radius 2 is 2.12 bits per heavy atom. The smallest absolute Gasteiger partial charge is 0.223 e. The third-order valence-corrected chi connectivity index (χ3v) is 4.45. The summed E-state index contributed by atoms with van der Waals surface area (Å²) >= 11 is 2.37. The summed E-state index contributed by atoms with van der Waals surface area (Å²) in [5.74, 6) is 0.845. The van der Waals surface area contributed by atoms with Gasteiger partial charge in [-0.3, -0.25) is 4.79 Å². The van der Waals surface area contributed by atoms with Gasteiger partial charge in [0.05, 0.1) is 6.04 Å². The SMILES string of the molecule is C[C@H](c1ccccc1)N1C[C@H](CI)CC1=O. The molecule has 1 saturated heterocycles. The number of likely N-dealkylation sites (tertiary alicyclic amines) is 1. The normalized spacial score (nSPS) is 22.5. The summed E-state index contributed by atoms with van der Waals surface area (Å²) in [7, 11) is 0. The molecule has 0 radical (unpaired) electrons. The molecule has 0 spiro atoms. The highest BCUT2D eigenvalue weighted by Crippen LogP contribution is 2.28. The number of hydrogen-bond acceptors (Lipinski definition) is 1. The average molecular weight is 329 g/mol. The van der Waals surface area contributed by atoms with Crippen LogP contribution in [0.3, 0.4) is 0 Å². The van der Waals surface area contributed by atoms with Gasteiger partial charge in [-0.15, -0.1) is 0 Å². The van der Waals surface area contributed by atoms with Crippen LogP contribution in [0.15, 0.2) is 30.3 Å². The van der Waals surface area contributed by atoms with Gasteiger partial charge in [0, 0.05) is 17.4 Å². The fraction of sp³-hybridized carbons (Fsp3) is 0.462. The second-order valence-corrected chi connectivity index (χ2v) is 5.24. The summed E-state index contributed by atoms with van der Waals surface area (Å²) in [5.41, 5.74) is 1.23. The Balaban J connectivity index is 2.11. The van der Waals surface area contributed by atoms with Crippen molar-refractivity contribution in [1.29, 1.82) is 0 Å². The molecule has 1 heterocycles. The number of halogens is 1. The van der Waals surface area contributed by atoms with Gasteiger partial charge >= 0.3 is 0 Å². The van der Waals surface area contributed by atoms with Crippen molar-refractivity contribution < 1.29 is 4.79 Å². The summed E-state index contributed by atoms with van der Waals surface area (Å²) < 4.78 is 1.07. The Hall–Kier alpha value is -0.580. The Morgan fingerprint density at radius 3 is 2.69 bits per heavy atom. The first-order valence-corrected chi connectivity index (χ1v) is 7.15. The highest BCUT2D eigenvalue weighted by molar-refractivity contribution is 14.1. The minimum atomic E-state index is 0.210. The number of benzene rings is 1. The van der Waals surface area contributed by atoms with Gasteiger partial charge in [-0.2, -0.15) is 0 Å². The Bertz CT molecular complexity index is 365. The van der Waals surface area contributed by atoms with E-state index in [0.29, 0.717) is 11.8 Å². The van der Waals surface area contributed by atoms with Crippen LogP contribution in [0.2, 0.25) is 0 Å². The maximum Gasteiger partial charge on any atom is 0.223 e. The van der Waals surface area contributed by atoms with Crippen molar-refractivity contribution in [3.05, 3.63) is 35.9 Å². The Labute approximate surface area is 110 Å². The first-order chi connectivity index (χ1) is 7.72. The average Bonchev–Trinajstić information content (AvgIpc) is 2.71. The zero-order chi connectivity index (χ0) is 11.5. The molecule has 0 unspecified atom stereocenters. The first kappa shape index (κ1) is 11.9. The molecule has 16 heavy (non-hydrogen) atoms. The third kappa shape index (κ3) is 2.39. The molecule has 2 rings (SSSR count). The zero-order valence-electron chi connectivity index (χ0n) is 9.40. The zero-order valence-corrected chi connectivity index (χ0v) is 11.6. The molecule has 3 heteroatoms. The minimum Gasteiger partial charge on any atom is -0.336 e. The number of nitrogens with zero attached hydrogens (tertiary/aromatic N) is 1. The predicted molar refractivity (Wildman–Crippen MR) is 73.6 cm³/mol. The fourth-order valence-electron chi connectivity index (χ4n) is 2.20. The predicted octanol–water partition coefficient (Wildman–Crippen LogP) is 3.03. The molecule has 1 aromatic carbocycles. The van der Waals surface area contributed by atoms with Gasteiger partial charge in [-0.25, -0.2) is 0 Å². The lowest BCUT2D eigenvalue weighted by Gasteiger charge is -2.25. The molecule has 1 aliphatic rings. The van der Waals surface area contributed by atoms with Gasteiger partial charge in [0.25, 0.3) is 0 Å². The van der Waals surface area contributed by atoms with Crippen molar-refractivity contribution in [1.82, 2.24) is 4.90 Å². The molecule has 0 N–H and O–H groups in total. The summed E-state index contributed by atoms with van der Waals surface area (Å²) in [6, 6.07) is 10.5. The highest BCUT2D eigenvalue weighted by atomic mass is 127. The van der Waals surface area contributed by atoms with Crippen molar-refractivity contribution in [2.45, 2.75) is 19.4 Å². The molecule has 0 bridgehead atoms. The number of amides is 1. The van der Waals surface area contributed by atoms with E-state index in [1.54, 1.807) is 0 Å². The monoisotopic (exact) mass is 329 g/mol. The quantitative estimate of drug-likeness (QED) is 0.617. The van der Waals surface area contributed by atoms with E-state index in [1.165, 1.54) is 5.56 Å². The topological polar surface area (TPSA) is 20.3 Å². The fourth-order valence-corrected chi connectivity index (χ4v) is 2.79. The van der Waals surface area contributed by atoms with Crippen LogP contribution in [-0.4, -0.2) is 21.8 Å². The van der Waals surface area contributed by atoms with E-state index in [1.807, 2.05) is 23.1 Å². The highest BCUT2D eigenvalue weighted by Gasteiger charge is 2.32. The molecular weight excluding hydrogens is 313 g/mol. The standard InChI is InChI=1S/C13H16INO/c1-10(12-5-3-2-4-6-12)15-9-11(8-14)7-13(15)16/h2-6,10-11H,7-9H2,1H3/t10-,11+/m1/s1. The van der Waals surface area contributed by atoms with E-state index in [0.717, 1.165) is 17.4 Å². The van der Waals surface area contributed by atoms with Gasteiger partial charge in [0.2, 0.25) is 5.91 Å². The van der Waals surface area contributed by atoms with Crippen molar-refractivity contribution in [3.63, 3.8) is 0 Å². The third-order valence-electron chi connectivity index (χ3n) is 3.21. The first-order valence-electron chi connectivity index (χ1n) is 5.62. The van der Waals surface area contributed by atoms with Crippen LogP contribution in [0.5, 0.6) is 0 Å². The molecule has 2 atom stereocenters. The molecule has 2 nitrogen and oxygen atoms in total. The van der Waals surface area contributed by atoms with E-state index in [4.69, 9.17) is 0 Å². The van der Waals surface area contributed by atoms with Gasteiger partial charge in [-0.05, 0) is 18.4 Å². The molecule has 86 valence electrons. The molecule has 0 aromatic heterocycles.